The van der Waals surface area contributed by atoms with Crippen LogP contribution < -0.4 is 9.62 Å². The average Bonchev–Trinajstić information content (AvgIpc) is 2.74. The number of sulfonamides is 1. The molecule has 0 saturated carbocycles. The van der Waals surface area contributed by atoms with Gasteiger partial charge in [0.1, 0.15) is 5.82 Å². The molecule has 0 bridgehead atoms. The Morgan fingerprint density at radius 3 is 2.55 bits per heavy atom. The molecule has 1 amide bonds. The Labute approximate surface area is 185 Å². The molecule has 0 spiro atoms. The van der Waals surface area contributed by atoms with Crippen molar-refractivity contribution in [3.8, 4) is 0 Å². The maximum absolute atomic E-state index is 13.3. The van der Waals surface area contributed by atoms with Crippen LogP contribution in [0.25, 0.3) is 0 Å². The number of benzene rings is 3. The highest BCUT2D eigenvalue weighted by atomic mass is 35.5. The van der Waals surface area contributed by atoms with Crippen molar-refractivity contribution in [1.29, 1.82) is 0 Å². The van der Waals surface area contributed by atoms with Gasteiger partial charge in [0.25, 0.3) is 15.9 Å². The summed E-state index contributed by atoms with van der Waals surface area (Å²) in [6.45, 7) is 5.29. The monoisotopic (exact) mass is 458 g/mol. The van der Waals surface area contributed by atoms with Crippen LogP contribution in [-0.2, 0) is 10.0 Å². The van der Waals surface area contributed by atoms with Crippen LogP contribution in [0.1, 0.15) is 15.9 Å². The molecule has 8 heteroatoms. The topological polar surface area (TPSA) is 66.5 Å². The van der Waals surface area contributed by atoms with Gasteiger partial charge in [-0.1, -0.05) is 35.9 Å². The summed E-state index contributed by atoms with van der Waals surface area (Å²) >= 11 is 6.21. The van der Waals surface area contributed by atoms with Crippen LogP contribution in [0.3, 0.4) is 0 Å². The fourth-order valence-corrected chi connectivity index (χ4v) is 4.77. The first-order valence-corrected chi connectivity index (χ1v) is 11.1. The van der Waals surface area contributed by atoms with E-state index in [1.807, 2.05) is 0 Å². The van der Waals surface area contributed by atoms with E-state index in [-0.39, 0.29) is 22.0 Å². The smallest absolute Gasteiger partial charge is 0.264 e. The lowest BCUT2D eigenvalue weighted by molar-refractivity contribution is 0.102. The standard InChI is InChI=1S/C23H20ClFN2O3S/c1-3-13-27(22-10-5-4-9-20(22)24)31(29,30)19-8-6-7-17(15-19)23(28)26-21-12-11-18(25)14-16(21)2/h3-12,14-15H,1,13H2,2H3,(H,26,28). The molecule has 0 aromatic heterocycles. The van der Waals surface area contributed by atoms with Crippen LogP contribution in [0.4, 0.5) is 15.8 Å². The van der Waals surface area contributed by atoms with Crippen LogP contribution in [0.15, 0.2) is 84.3 Å². The van der Waals surface area contributed by atoms with Crippen LogP contribution >= 0.6 is 11.6 Å². The molecule has 0 radical (unpaired) electrons. The third kappa shape index (κ3) is 4.95. The maximum atomic E-state index is 13.3. The first kappa shape index (κ1) is 22.5. The lowest BCUT2D eigenvalue weighted by atomic mass is 10.1. The summed E-state index contributed by atoms with van der Waals surface area (Å²) in [5.74, 6) is -0.926. The number of amides is 1. The van der Waals surface area contributed by atoms with Crippen molar-refractivity contribution >= 4 is 38.9 Å². The van der Waals surface area contributed by atoms with Gasteiger partial charge in [-0.15, -0.1) is 6.58 Å². The number of anilines is 2. The number of nitrogens with zero attached hydrogens (tertiary/aromatic N) is 1. The van der Waals surface area contributed by atoms with Crippen LogP contribution in [0.5, 0.6) is 0 Å². The Bertz CT molecular complexity index is 1250. The van der Waals surface area contributed by atoms with E-state index in [2.05, 4.69) is 11.9 Å². The first-order chi connectivity index (χ1) is 14.7. The van der Waals surface area contributed by atoms with Gasteiger partial charge < -0.3 is 5.32 Å². The Morgan fingerprint density at radius 2 is 1.87 bits per heavy atom. The Hall–Kier alpha value is -3.16. The predicted octanol–water partition coefficient (Wildman–Crippen LogP) is 5.42. The number of halogens is 2. The van der Waals surface area contributed by atoms with Crippen molar-refractivity contribution in [3.63, 3.8) is 0 Å². The largest absolute Gasteiger partial charge is 0.322 e. The summed E-state index contributed by atoms with van der Waals surface area (Å²) in [7, 11) is -4.03. The lowest BCUT2D eigenvalue weighted by Crippen LogP contribution is -2.31. The zero-order valence-corrected chi connectivity index (χ0v) is 18.3. The van der Waals surface area contributed by atoms with Crippen molar-refractivity contribution in [1.82, 2.24) is 0 Å². The van der Waals surface area contributed by atoms with E-state index in [1.54, 1.807) is 31.2 Å². The Morgan fingerprint density at radius 1 is 1.13 bits per heavy atom. The zero-order chi connectivity index (χ0) is 22.6. The van der Waals surface area contributed by atoms with E-state index >= 15 is 0 Å². The minimum atomic E-state index is -4.03. The van der Waals surface area contributed by atoms with Gasteiger partial charge in [-0.05, 0) is 61.0 Å². The van der Waals surface area contributed by atoms with Gasteiger partial charge in [0, 0.05) is 11.3 Å². The van der Waals surface area contributed by atoms with Crippen molar-refractivity contribution < 1.29 is 17.6 Å². The van der Waals surface area contributed by atoms with Crippen LogP contribution in [-0.4, -0.2) is 20.9 Å². The third-order valence-electron chi connectivity index (χ3n) is 4.54. The lowest BCUT2D eigenvalue weighted by Gasteiger charge is -2.24. The fraction of sp³-hybridized carbons (Fsp3) is 0.0870. The minimum absolute atomic E-state index is 0.00271. The van der Waals surface area contributed by atoms with Gasteiger partial charge in [0.05, 0.1) is 22.2 Å². The quantitative estimate of drug-likeness (QED) is 0.480. The Kier molecular flexibility index (Phi) is 6.77. The SMILES string of the molecule is C=CCN(c1ccccc1Cl)S(=O)(=O)c1cccc(C(=O)Nc2ccc(F)cc2C)c1. The number of aryl methyl sites for hydroxylation is 1. The molecule has 3 aromatic carbocycles. The summed E-state index contributed by atoms with van der Waals surface area (Å²) in [5, 5.41) is 2.95. The predicted molar refractivity (Wildman–Crippen MR) is 122 cm³/mol. The Balaban J connectivity index is 1.96. The second-order valence-electron chi connectivity index (χ2n) is 6.72. The van der Waals surface area contributed by atoms with Crippen molar-refractivity contribution in [2.75, 3.05) is 16.2 Å². The van der Waals surface area contributed by atoms with Crippen LogP contribution in [0, 0.1) is 12.7 Å². The molecular weight excluding hydrogens is 439 g/mol. The van der Waals surface area contributed by atoms with Crippen molar-refractivity contribution in [2.45, 2.75) is 11.8 Å². The molecule has 0 aliphatic rings. The summed E-state index contributed by atoms with van der Waals surface area (Å²) in [4.78, 5) is 12.6. The van der Waals surface area contributed by atoms with E-state index in [0.29, 0.717) is 16.9 Å². The molecule has 1 N–H and O–H groups in total. The van der Waals surface area contributed by atoms with E-state index in [9.17, 15) is 17.6 Å². The van der Waals surface area contributed by atoms with Gasteiger partial charge >= 0.3 is 0 Å². The number of nitrogens with one attached hydrogen (secondary N) is 1. The number of hydrogen-bond acceptors (Lipinski definition) is 3. The summed E-state index contributed by atoms with van der Waals surface area (Å²) in [5.41, 5.74) is 1.43. The summed E-state index contributed by atoms with van der Waals surface area (Å²) < 4.78 is 41.1. The molecule has 0 aliphatic carbocycles. The number of carbonyl (C=O) groups excluding carboxylic acids is 1. The second-order valence-corrected chi connectivity index (χ2v) is 8.99. The molecule has 0 atom stereocenters. The fourth-order valence-electron chi connectivity index (χ4n) is 2.98. The first-order valence-electron chi connectivity index (χ1n) is 9.30. The van der Waals surface area contributed by atoms with Gasteiger partial charge in [0.15, 0.2) is 0 Å². The zero-order valence-electron chi connectivity index (χ0n) is 16.7. The molecule has 160 valence electrons. The van der Waals surface area contributed by atoms with E-state index in [0.717, 1.165) is 4.31 Å². The number of rotatable bonds is 7. The molecule has 0 aliphatic heterocycles. The average molecular weight is 459 g/mol. The van der Waals surface area contributed by atoms with Crippen molar-refractivity contribution in [3.05, 3.63) is 101 Å². The van der Waals surface area contributed by atoms with Gasteiger partial charge in [-0.3, -0.25) is 9.10 Å². The molecule has 5 nitrogen and oxygen atoms in total. The molecular formula is C23H20ClFN2O3S. The molecule has 3 aromatic rings. The normalized spacial score (nSPS) is 11.1. The molecule has 0 saturated heterocycles. The highest BCUT2D eigenvalue weighted by Crippen LogP contribution is 2.30. The maximum Gasteiger partial charge on any atom is 0.264 e. The second kappa shape index (κ2) is 9.32. The molecule has 31 heavy (non-hydrogen) atoms. The van der Waals surface area contributed by atoms with E-state index < -0.39 is 21.7 Å². The van der Waals surface area contributed by atoms with Crippen molar-refractivity contribution in [2.24, 2.45) is 0 Å². The minimum Gasteiger partial charge on any atom is -0.322 e. The number of para-hydroxylation sites is 1. The number of carbonyl (C=O) groups is 1. The molecule has 3 rings (SSSR count). The van der Waals surface area contributed by atoms with E-state index in [1.165, 1.54) is 48.5 Å². The van der Waals surface area contributed by atoms with E-state index in [4.69, 9.17) is 11.6 Å². The molecule has 0 heterocycles. The molecule has 0 unspecified atom stereocenters. The van der Waals surface area contributed by atoms with Gasteiger partial charge in [-0.2, -0.15) is 0 Å². The van der Waals surface area contributed by atoms with Crippen LogP contribution in [0.2, 0.25) is 5.02 Å². The van der Waals surface area contributed by atoms with Gasteiger partial charge in [-0.25, -0.2) is 12.8 Å². The van der Waals surface area contributed by atoms with Gasteiger partial charge in [0.2, 0.25) is 0 Å². The summed E-state index contributed by atoms with van der Waals surface area (Å²) in [6, 6.07) is 16.2. The number of hydrogen-bond donors (Lipinski definition) is 1. The molecule has 0 fully saturated rings. The highest BCUT2D eigenvalue weighted by Gasteiger charge is 2.26. The summed E-state index contributed by atoms with van der Waals surface area (Å²) in [6.07, 6.45) is 1.45. The third-order valence-corrected chi connectivity index (χ3v) is 6.63. The highest BCUT2D eigenvalue weighted by molar-refractivity contribution is 7.92.